The smallest absolute Gasteiger partial charge is 0.387 e. The molecule has 3 atom stereocenters. The number of nitrogens with zero attached hydrogens (tertiary/aromatic N) is 1. The highest BCUT2D eigenvalue weighted by Gasteiger charge is 2.27. The zero-order chi connectivity index (χ0) is 57.7. The molecule has 0 spiro atoms. The minimum atomic E-state index is -4.37. The molecule has 9 heteroatoms. The van der Waals surface area contributed by atoms with Crippen LogP contribution in [-0.4, -0.2) is 73.4 Å². The first-order valence-corrected chi connectivity index (χ1v) is 33.6. The molecule has 0 aromatic carbocycles. The Labute approximate surface area is 487 Å². The Morgan fingerprint density at radius 1 is 0.443 bits per heavy atom. The molecule has 0 bridgehead atoms. The number of allylic oxidation sites excluding steroid dienone is 21. The molecule has 0 aromatic heterocycles. The van der Waals surface area contributed by atoms with Crippen molar-refractivity contribution in [1.29, 1.82) is 0 Å². The summed E-state index contributed by atoms with van der Waals surface area (Å²) in [6.07, 6.45) is 90.1. The second kappa shape index (κ2) is 59.3. The van der Waals surface area contributed by atoms with Crippen LogP contribution in [0.3, 0.4) is 0 Å². The van der Waals surface area contributed by atoms with Crippen molar-refractivity contribution in [2.24, 2.45) is 0 Å². The van der Waals surface area contributed by atoms with Crippen molar-refractivity contribution < 1.29 is 32.9 Å². The Kier molecular flexibility index (Phi) is 56.7. The number of unbranched alkanes of at least 4 members (excludes halogenated alkanes) is 24. The van der Waals surface area contributed by atoms with Gasteiger partial charge in [-0.05, 0) is 109 Å². The monoisotopic (exact) mass is 1120 g/mol. The Morgan fingerprint density at radius 3 is 1.16 bits per heavy atom. The third-order valence-electron chi connectivity index (χ3n) is 13.6. The first-order chi connectivity index (χ1) is 38.5. The maximum Gasteiger partial charge on any atom is 0.472 e. The molecular weight excluding hydrogens is 996 g/mol. The van der Waals surface area contributed by atoms with E-state index in [-0.39, 0.29) is 19.1 Å². The van der Waals surface area contributed by atoms with E-state index >= 15 is 0 Å². The van der Waals surface area contributed by atoms with E-state index in [0.717, 1.165) is 96.3 Å². The highest BCUT2D eigenvalue weighted by molar-refractivity contribution is 7.47. The van der Waals surface area contributed by atoms with Crippen LogP contribution >= 0.6 is 7.82 Å². The molecule has 0 rings (SSSR count). The number of rotatable bonds is 57. The molecule has 3 unspecified atom stereocenters. The van der Waals surface area contributed by atoms with Crippen LogP contribution in [0.1, 0.15) is 251 Å². The number of hydrogen-bond donors (Lipinski definition) is 3. The lowest BCUT2D eigenvalue weighted by atomic mass is 10.0. The second-order valence-electron chi connectivity index (χ2n) is 22.4. The molecule has 0 heterocycles. The molecule has 0 saturated heterocycles. The fourth-order valence-electron chi connectivity index (χ4n) is 8.62. The molecule has 0 aliphatic carbocycles. The van der Waals surface area contributed by atoms with E-state index in [1.807, 2.05) is 27.2 Å². The third kappa shape index (κ3) is 62.1. The van der Waals surface area contributed by atoms with Gasteiger partial charge in [0.25, 0.3) is 0 Å². The number of quaternary nitrogens is 1. The molecule has 1 amide bonds. The fraction of sp³-hybridized carbons (Fsp3) is 0.671. The van der Waals surface area contributed by atoms with Crippen molar-refractivity contribution in [2.75, 3.05) is 40.9 Å². The van der Waals surface area contributed by atoms with E-state index in [9.17, 15) is 19.4 Å². The van der Waals surface area contributed by atoms with Crippen LogP contribution in [0, 0.1) is 0 Å². The lowest BCUT2D eigenvalue weighted by Crippen LogP contribution is -2.45. The van der Waals surface area contributed by atoms with Gasteiger partial charge in [-0.3, -0.25) is 13.8 Å². The number of nitrogens with one attached hydrogen (secondary N) is 1. The fourth-order valence-corrected chi connectivity index (χ4v) is 9.36. The van der Waals surface area contributed by atoms with Crippen LogP contribution in [-0.2, 0) is 18.4 Å². The molecule has 0 aromatic rings. The van der Waals surface area contributed by atoms with Crippen molar-refractivity contribution in [3.63, 3.8) is 0 Å². The van der Waals surface area contributed by atoms with Crippen molar-refractivity contribution in [3.8, 4) is 0 Å². The molecule has 8 nitrogen and oxygen atoms in total. The number of hydrogen-bond acceptors (Lipinski definition) is 5. The number of amides is 1. The summed E-state index contributed by atoms with van der Waals surface area (Å²) in [5.41, 5.74) is 0. The van der Waals surface area contributed by atoms with Gasteiger partial charge in [-0.25, -0.2) is 4.57 Å². The minimum Gasteiger partial charge on any atom is -0.387 e. The topological polar surface area (TPSA) is 105 Å². The van der Waals surface area contributed by atoms with Gasteiger partial charge in [-0.1, -0.05) is 270 Å². The van der Waals surface area contributed by atoms with Gasteiger partial charge >= 0.3 is 7.82 Å². The highest BCUT2D eigenvalue weighted by atomic mass is 31.2. The zero-order valence-corrected chi connectivity index (χ0v) is 52.5. The van der Waals surface area contributed by atoms with Gasteiger partial charge in [-0.15, -0.1) is 0 Å². The average Bonchev–Trinajstić information content (AvgIpc) is 3.42. The standard InChI is InChI=1S/C70H121N2O6P/c1-6-8-10-12-14-16-18-20-22-24-25-26-27-28-29-30-31-32-33-34-35-36-37-38-39-40-41-42-43-44-45-46-47-48-50-52-54-56-58-60-62-64-70(74)71-68(67-78-79(75,76)77-66-65-72(3,4)5)69(73)63-61-59-57-55-53-51-49-23-21-19-17-15-13-11-9-7-2/h8,10,14,16,20-23,25-26,28-29,31-32,34-35,37-38,53,55,61,63,68-69,73H,6-7,9,11-13,15,17-19,24,27,30,33,36,39-52,54,56-60,62,64-67H2,1-5H3,(H-,71,74,75,76)/p+1/b10-8-,16-14-,22-20-,23-21+,26-25-,29-28-,32-31-,35-34-,38-37-,55-53+,63-61+. The van der Waals surface area contributed by atoms with E-state index in [0.29, 0.717) is 17.4 Å². The Morgan fingerprint density at radius 2 is 0.772 bits per heavy atom. The van der Waals surface area contributed by atoms with Gasteiger partial charge in [-0.2, -0.15) is 0 Å². The largest absolute Gasteiger partial charge is 0.472 e. The Balaban J connectivity index is 4.05. The van der Waals surface area contributed by atoms with Crippen LogP contribution in [0.15, 0.2) is 134 Å². The molecule has 0 aliphatic heterocycles. The molecule has 0 aliphatic rings. The molecule has 79 heavy (non-hydrogen) atoms. The van der Waals surface area contributed by atoms with E-state index in [1.165, 1.54) is 135 Å². The lowest BCUT2D eigenvalue weighted by Gasteiger charge is -2.25. The molecule has 3 N–H and O–H groups in total. The number of carbonyl (C=O) groups excluding carboxylic acids is 1. The number of aliphatic hydroxyl groups is 1. The summed E-state index contributed by atoms with van der Waals surface area (Å²) >= 11 is 0. The normalized spacial score (nSPS) is 14.7. The first-order valence-electron chi connectivity index (χ1n) is 32.1. The Bertz CT molecular complexity index is 1750. The second-order valence-corrected chi connectivity index (χ2v) is 23.8. The number of phosphoric acid groups is 1. The van der Waals surface area contributed by atoms with Gasteiger partial charge in [0.2, 0.25) is 5.91 Å². The predicted molar refractivity (Wildman–Crippen MR) is 345 cm³/mol. The summed E-state index contributed by atoms with van der Waals surface area (Å²) in [7, 11) is 1.54. The van der Waals surface area contributed by atoms with Gasteiger partial charge < -0.3 is 19.8 Å². The van der Waals surface area contributed by atoms with Crippen molar-refractivity contribution in [2.45, 2.75) is 264 Å². The van der Waals surface area contributed by atoms with Gasteiger partial charge in [0, 0.05) is 6.42 Å². The Hall–Kier alpha value is -3.36. The molecular formula is C70H122N2O6P+. The maximum atomic E-state index is 13.0. The quantitative estimate of drug-likeness (QED) is 0.0243. The van der Waals surface area contributed by atoms with Crippen LogP contribution in [0.2, 0.25) is 0 Å². The summed E-state index contributed by atoms with van der Waals surface area (Å²) in [5.74, 6) is -0.194. The van der Waals surface area contributed by atoms with Gasteiger partial charge in [0.1, 0.15) is 13.2 Å². The number of aliphatic hydroxyl groups excluding tert-OH is 1. The van der Waals surface area contributed by atoms with Gasteiger partial charge in [0.05, 0.1) is 39.9 Å². The van der Waals surface area contributed by atoms with E-state index < -0.39 is 20.0 Å². The van der Waals surface area contributed by atoms with Crippen LogP contribution in [0.5, 0.6) is 0 Å². The first kappa shape index (κ1) is 75.6. The summed E-state index contributed by atoms with van der Waals surface area (Å²) in [6.45, 7) is 4.66. The molecule has 452 valence electrons. The maximum absolute atomic E-state index is 13.0. The van der Waals surface area contributed by atoms with E-state index in [4.69, 9.17) is 9.05 Å². The highest BCUT2D eigenvalue weighted by Crippen LogP contribution is 2.43. The number of phosphoric ester groups is 1. The number of carbonyl (C=O) groups is 1. The summed E-state index contributed by atoms with van der Waals surface area (Å²) in [5, 5.41) is 13.9. The van der Waals surface area contributed by atoms with Gasteiger partial charge in [0.15, 0.2) is 0 Å². The summed E-state index contributed by atoms with van der Waals surface area (Å²) in [6, 6.07) is -0.877. The van der Waals surface area contributed by atoms with E-state index in [2.05, 4.69) is 141 Å². The van der Waals surface area contributed by atoms with Crippen LogP contribution < -0.4 is 5.32 Å². The van der Waals surface area contributed by atoms with Crippen molar-refractivity contribution in [1.82, 2.24) is 5.32 Å². The molecule has 0 saturated carbocycles. The lowest BCUT2D eigenvalue weighted by molar-refractivity contribution is -0.870. The number of likely N-dealkylation sites (N-methyl/N-ethyl adjacent to an activating group) is 1. The third-order valence-corrected chi connectivity index (χ3v) is 14.6. The summed E-state index contributed by atoms with van der Waals surface area (Å²) in [4.78, 5) is 23.3. The average molecular weight is 1120 g/mol. The predicted octanol–water partition coefficient (Wildman–Crippen LogP) is 20.3. The zero-order valence-electron chi connectivity index (χ0n) is 51.6. The van der Waals surface area contributed by atoms with Crippen molar-refractivity contribution >= 4 is 13.7 Å². The molecule has 0 radical (unpaired) electrons. The van der Waals surface area contributed by atoms with Crippen molar-refractivity contribution in [3.05, 3.63) is 134 Å². The SMILES string of the molecule is CC/C=C\C/C=C\C/C=C\C/C=C\C/C=C\C/C=C\C/C=C\C/C=C\CCCCCCCCCCCCCCCCCCC(=O)NC(COP(=O)(O)OCC[N+](C)(C)C)C(O)/C=C/CC/C=C/CC/C=C/CCCCCCCC. The molecule has 0 fully saturated rings. The van der Waals surface area contributed by atoms with Crippen LogP contribution in [0.4, 0.5) is 0 Å². The van der Waals surface area contributed by atoms with E-state index in [1.54, 1.807) is 6.08 Å². The van der Waals surface area contributed by atoms with Crippen LogP contribution in [0.25, 0.3) is 0 Å². The minimum absolute atomic E-state index is 0.0490. The summed E-state index contributed by atoms with van der Waals surface area (Å²) < 4.78 is 23.7.